The van der Waals surface area contributed by atoms with Crippen LogP contribution in [-0.4, -0.2) is 9.13 Å². The summed E-state index contributed by atoms with van der Waals surface area (Å²) < 4.78 is 4.77. The quantitative estimate of drug-likeness (QED) is 0.140. The standard InChI is InChI=1S/C68H48N2S2/c1-5-17-47(18-6-1)57-43-65(71-67(57)49-33-29-45(30-34-49)51-37-39-63-59(41-51)55-25-13-15-27-61(55)69(63)53-21-9-3-10-22-53)66-44-58(48-19-7-2-8-20-48)68(72-66)50-35-31-46(32-36-50)52-38-40-64-60(42-52)56-26-14-16-28-62(56)70(64)54-23-11-4-12-24-54/h1-43,58,66,68H,44H2. The molecule has 13 aromatic rings. The molecule has 0 N–H and O–H groups in total. The molecular formula is C68H48N2S2. The molecule has 1 fully saturated rings. The Morgan fingerprint density at radius 2 is 0.778 bits per heavy atom. The van der Waals surface area contributed by atoms with Gasteiger partial charge in [-0.1, -0.05) is 194 Å². The van der Waals surface area contributed by atoms with Crippen LogP contribution in [0.25, 0.3) is 98.8 Å². The summed E-state index contributed by atoms with van der Waals surface area (Å²) >= 11 is 4.13. The van der Waals surface area contributed by atoms with Crippen LogP contribution in [0.2, 0.25) is 0 Å². The predicted molar refractivity (Wildman–Crippen MR) is 308 cm³/mol. The van der Waals surface area contributed by atoms with Crippen LogP contribution in [0.4, 0.5) is 0 Å². The first kappa shape index (κ1) is 42.7. The Balaban J connectivity index is 0.788. The minimum Gasteiger partial charge on any atom is -0.309 e. The van der Waals surface area contributed by atoms with E-state index in [4.69, 9.17) is 0 Å². The van der Waals surface area contributed by atoms with Crippen LogP contribution in [-0.2, 0) is 0 Å². The molecule has 0 spiro atoms. The van der Waals surface area contributed by atoms with Crippen molar-refractivity contribution in [1.29, 1.82) is 0 Å². The number of nitrogens with zero attached hydrogens (tertiary/aromatic N) is 2. The third kappa shape index (κ3) is 7.41. The van der Waals surface area contributed by atoms with Gasteiger partial charge in [-0.05, 0) is 118 Å². The SMILES string of the molecule is c1ccc(-c2cc(C3CC(c4ccccc4)C(c4ccc(-c5ccc6c(c5)c5ccccc5n6-c5ccccc5)cc4)S3)sc2-c2ccc(-c3ccc4c(c3)c3ccccc3n4-c3ccccc3)cc2)cc1. The maximum Gasteiger partial charge on any atom is 0.0541 e. The van der Waals surface area contributed by atoms with Gasteiger partial charge in [-0.3, -0.25) is 0 Å². The summed E-state index contributed by atoms with van der Waals surface area (Å²) in [7, 11) is 0. The van der Waals surface area contributed by atoms with Gasteiger partial charge < -0.3 is 9.13 Å². The smallest absolute Gasteiger partial charge is 0.0541 e. The first-order valence-corrected chi connectivity index (χ1v) is 26.7. The van der Waals surface area contributed by atoms with E-state index in [-0.39, 0.29) is 0 Å². The highest BCUT2D eigenvalue weighted by molar-refractivity contribution is 8.00. The molecule has 4 heterocycles. The number of thiophene rings is 1. The van der Waals surface area contributed by atoms with Crippen molar-refractivity contribution in [2.24, 2.45) is 0 Å². The Bertz CT molecular complexity index is 4080. The lowest BCUT2D eigenvalue weighted by Crippen LogP contribution is -2.03. The van der Waals surface area contributed by atoms with Gasteiger partial charge in [-0.15, -0.1) is 23.1 Å². The van der Waals surface area contributed by atoms with Crippen LogP contribution in [0.5, 0.6) is 0 Å². The molecule has 3 atom stereocenters. The van der Waals surface area contributed by atoms with Crippen molar-refractivity contribution < 1.29 is 0 Å². The number of fused-ring (bicyclic) bond motifs is 6. The number of hydrogen-bond acceptors (Lipinski definition) is 2. The molecule has 0 bridgehead atoms. The van der Waals surface area contributed by atoms with E-state index >= 15 is 0 Å². The Morgan fingerprint density at radius 1 is 0.333 bits per heavy atom. The van der Waals surface area contributed by atoms with E-state index in [1.165, 1.54) is 115 Å². The Kier molecular flexibility index (Phi) is 10.6. The average Bonchev–Trinajstić information content (AvgIpc) is 4.26. The van der Waals surface area contributed by atoms with E-state index in [9.17, 15) is 0 Å². The van der Waals surface area contributed by atoms with Crippen molar-refractivity contribution in [3.05, 3.63) is 277 Å². The molecule has 1 aliphatic rings. The third-order valence-electron chi connectivity index (χ3n) is 15.0. The van der Waals surface area contributed by atoms with Gasteiger partial charge in [0.05, 0.1) is 22.1 Å². The number of para-hydroxylation sites is 4. The summed E-state index contributed by atoms with van der Waals surface area (Å²) in [5, 5.41) is 5.76. The van der Waals surface area contributed by atoms with Crippen LogP contribution < -0.4 is 0 Å². The van der Waals surface area contributed by atoms with Crippen molar-refractivity contribution in [1.82, 2.24) is 9.13 Å². The number of benzene rings is 10. The normalized spacial score (nSPS) is 15.8. The highest BCUT2D eigenvalue weighted by Crippen LogP contribution is 2.62. The first-order valence-electron chi connectivity index (χ1n) is 25.0. The van der Waals surface area contributed by atoms with Gasteiger partial charge >= 0.3 is 0 Å². The zero-order chi connectivity index (χ0) is 47.5. The second kappa shape index (κ2) is 17.9. The number of thioether (sulfide) groups is 1. The molecule has 3 aromatic heterocycles. The minimum absolute atomic E-state index is 0.321. The van der Waals surface area contributed by atoms with Gasteiger partial charge in [0.1, 0.15) is 0 Å². The molecule has 0 saturated carbocycles. The van der Waals surface area contributed by atoms with Crippen molar-refractivity contribution in [3.63, 3.8) is 0 Å². The summed E-state index contributed by atoms with van der Waals surface area (Å²) in [6, 6.07) is 96.4. The molecule has 4 heteroatoms. The largest absolute Gasteiger partial charge is 0.309 e. The maximum atomic E-state index is 2.51. The van der Waals surface area contributed by atoms with Crippen molar-refractivity contribution in [3.8, 4) is 55.2 Å². The van der Waals surface area contributed by atoms with Crippen molar-refractivity contribution in [2.45, 2.75) is 22.8 Å². The van der Waals surface area contributed by atoms with Crippen LogP contribution in [0.1, 0.15) is 38.8 Å². The topological polar surface area (TPSA) is 9.86 Å². The first-order chi connectivity index (χ1) is 35.7. The number of rotatable bonds is 9. The van der Waals surface area contributed by atoms with Crippen molar-refractivity contribution in [2.75, 3.05) is 0 Å². The van der Waals surface area contributed by atoms with Gasteiger partial charge in [0, 0.05) is 64.7 Å². The molecule has 10 aromatic carbocycles. The van der Waals surface area contributed by atoms with E-state index < -0.39 is 0 Å². The molecule has 3 unspecified atom stereocenters. The molecule has 342 valence electrons. The Morgan fingerprint density at radius 3 is 1.33 bits per heavy atom. The van der Waals surface area contributed by atoms with Gasteiger partial charge in [0.2, 0.25) is 0 Å². The van der Waals surface area contributed by atoms with Gasteiger partial charge in [-0.25, -0.2) is 0 Å². The summed E-state index contributed by atoms with van der Waals surface area (Å²) in [6.45, 7) is 0. The van der Waals surface area contributed by atoms with E-state index in [2.05, 4.69) is 282 Å². The fraction of sp³-hybridized carbons (Fsp3) is 0.0588. The van der Waals surface area contributed by atoms with Crippen LogP contribution in [0.3, 0.4) is 0 Å². The van der Waals surface area contributed by atoms with Gasteiger partial charge in [0.25, 0.3) is 0 Å². The molecule has 2 nitrogen and oxygen atoms in total. The monoisotopic (exact) mass is 956 g/mol. The molecule has 0 aliphatic carbocycles. The number of aromatic nitrogens is 2. The lowest BCUT2D eigenvalue weighted by molar-refractivity contribution is 0.649. The average molecular weight is 957 g/mol. The zero-order valence-electron chi connectivity index (χ0n) is 39.5. The summed E-state index contributed by atoms with van der Waals surface area (Å²) in [6.07, 6.45) is 1.08. The second-order valence-electron chi connectivity index (χ2n) is 19.1. The van der Waals surface area contributed by atoms with E-state index in [1.807, 2.05) is 11.3 Å². The summed E-state index contributed by atoms with van der Waals surface area (Å²) in [5.41, 5.74) is 18.8. The molecule has 1 aliphatic heterocycles. The highest BCUT2D eigenvalue weighted by Gasteiger charge is 2.39. The third-order valence-corrected chi connectivity index (χ3v) is 18.1. The van der Waals surface area contributed by atoms with Crippen LogP contribution >= 0.6 is 23.1 Å². The number of hydrogen-bond donors (Lipinski definition) is 0. The molecular weight excluding hydrogens is 909 g/mol. The Labute approximate surface area is 428 Å². The zero-order valence-corrected chi connectivity index (χ0v) is 41.1. The van der Waals surface area contributed by atoms with E-state index in [1.54, 1.807) is 0 Å². The van der Waals surface area contributed by atoms with E-state index in [0.29, 0.717) is 16.4 Å². The molecule has 0 radical (unpaired) electrons. The lowest BCUT2D eigenvalue weighted by atomic mass is 9.87. The summed E-state index contributed by atoms with van der Waals surface area (Å²) in [4.78, 5) is 2.78. The fourth-order valence-electron chi connectivity index (χ4n) is 11.5. The van der Waals surface area contributed by atoms with Crippen LogP contribution in [0.15, 0.2) is 261 Å². The molecule has 1 saturated heterocycles. The second-order valence-corrected chi connectivity index (χ2v) is 21.5. The fourth-order valence-corrected chi connectivity index (χ4v) is 14.6. The van der Waals surface area contributed by atoms with E-state index in [0.717, 1.165) is 6.42 Å². The highest BCUT2D eigenvalue weighted by atomic mass is 32.2. The molecule has 72 heavy (non-hydrogen) atoms. The Hall–Kier alpha value is -8.15. The minimum atomic E-state index is 0.321. The molecule has 14 rings (SSSR count). The van der Waals surface area contributed by atoms with Gasteiger partial charge in [0.15, 0.2) is 0 Å². The van der Waals surface area contributed by atoms with Crippen LogP contribution in [0, 0.1) is 0 Å². The maximum absolute atomic E-state index is 2.51. The van der Waals surface area contributed by atoms with Crippen molar-refractivity contribution >= 4 is 66.7 Å². The lowest BCUT2D eigenvalue weighted by Gasteiger charge is -2.20. The van der Waals surface area contributed by atoms with Gasteiger partial charge in [-0.2, -0.15) is 0 Å². The summed E-state index contributed by atoms with van der Waals surface area (Å²) in [5.74, 6) is 0.386. The molecule has 0 amide bonds. The predicted octanol–water partition coefficient (Wildman–Crippen LogP) is 19.3.